The molecule has 1 aromatic rings. The Hall–Kier alpha value is -0.830. The number of hydrogen-bond donors (Lipinski definition) is 1. The SMILES string of the molecule is C=CCc1ccccc1C1(N)CC2CCN1CC2.Cl. The number of nitrogens with two attached hydrogens (primary N) is 1. The minimum atomic E-state index is -0.235. The van der Waals surface area contributed by atoms with Crippen molar-refractivity contribution in [3.63, 3.8) is 0 Å². The molecule has 1 atom stereocenters. The molecule has 1 unspecified atom stereocenters. The molecular weight excluding hydrogens is 256 g/mol. The summed E-state index contributed by atoms with van der Waals surface area (Å²) in [6.07, 6.45) is 6.64. The standard InChI is InChI=1S/C16H22N2.ClH/c1-2-5-14-6-3-4-7-15(14)16(17)12-13-8-10-18(16)11-9-13;/h2-4,6-7,13H,1,5,8-12,17H2;1H. The van der Waals surface area contributed by atoms with Gasteiger partial charge in [0.1, 0.15) is 0 Å². The first-order valence-corrected chi connectivity index (χ1v) is 6.97. The Morgan fingerprint density at radius 1 is 1.32 bits per heavy atom. The van der Waals surface area contributed by atoms with Crippen LogP contribution in [0.1, 0.15) is 30.4 Å². The van der Waals surface area contributed by atoms with Gasteiger partial charge in [-0.3, -0.25) is 4.90 Å². The van der Waals surface area contributed by atoms with Crippen LogP contribution in [-0.4, -0.2) is 18.0 Å². The number of nitrogens with zero attached hydrogens (tertiary/aromatic N) is 1. The number of allylic oxidation sites excluding steroid dienone is 1. The maximum Gasteiger partial charge on any atom is 0.0955 e. The minimum absolute atomic E-state index is 0. The van der Waals surface area contributed by atoms with Gasteiger partial charge in [0.2, 0.25) is 0 Å². The smallest absolute Gasteiger partial charge is 0.0955 e. The predicted molar refractivity (Wildman–Crippen MR) is 82.4 cm³/mol. The molecule has 3 saturated heterocycles. The molecule has 2 bridgehead atoms. The van der Waals surface area contributed by atoms with Crippen molar-refractivity contribution in [1.82, 2.24) is 4.90 Å². The zero-order valence-corrected chi connectivity index (χ0v) is 12.2. The molecule has 3 aliphatic rings. The molecule has 3 heterocycles. The molecule has 3 aliphatic heterocycles. The average molecular weight is 279 g/mol. The molecular formula is C16H23ClN2. The first kappa shape index (κ1) is 14.6. The van der Waals surface area contributed by atoms with Crippen molar-refractivity contribution in [2.24, 2.45) is 11.7 Å². The van der Waals surface area contributed by atoms with Crippen LogP contribution in [-0.2, 0) is 12.1 Å². The maximum atomic E-state index is 6.79. The summed E-state index contributed by atoms with van der Waals surface area (Å²) >= 11 is 0. The van der Waals surface area contributed by atoms with Crippen LogP contribution in [0.15, 0.2) is 36.9 Å². The highest BCUT2D eigenvalue weighted by Crippen LogP contribution is 2.42. The topological polar surface area (TPSA) is 29.3 Å². The molecule has 4 rings (SSSR count). The van der Waals surface area contributed by atoms with Crippen molar-refractivity contribution in [2.45, 2.75) is 31.3 Å². The summed E-state index contributed by atoms with van der Waals surface area (Å²) in [5.74, 6) is 0.816. The van der Waals surface area contributed by atoms with Crippen LogP contribution >= 0.6 is 12.4 Å². The lowest BCUT2D eigenvalue weighted by atomic mass is 9.75. The first-order chi connectivity index (χ1) is 8.74. The van der Waals surface area contributed by atoms with E-state index in [-0.39, 0.29) is 18.1 Å². The second-order valence-electron chi connectivity index (χ2n) is 5.71. The third kappa shape index (κ3) is 2.45. The number of halogens is 1. The molecule has 2 N–H and O–H groups in total. The van der Waals surface area contributed by atoms with Crippen LogP contribution in [0.25, 0.3) is 0 Å². The normalized spacial score (nSPS) is 32.7. The van der Waals surface area contributed by atoms with E-state index in [0.717, 1.165) is 31.8 Å². The van der Waals surface area contributed by atoms with Gasteiger partial charge in [0.25, 0.3) is 0 Å². The van der Waals surface area contributed by atoms with E-state index in [0.29, 0.717) is 0 Å². The number of rotatable bonds is 3. The summed E-state index contributed by atoms with van der Waals surface area (Å²) in [6, 6.07) is 8.61. The summed E-state index contributed by atoms with van der Waals surface area (Å²) in [4.78, 5) is 2.48. The van der Waals surface area contributed by atoms with Gasteiger partial charge >= 0.3 is 0 Å². The Bertz CT molecular complexity index is 452. The van der Waals surface area contributed by atoms with Crippen molar-refractivity contribution in [1.29, 1.82) is 0 Å². The van der Waals surface area contributed by atoms with Gasteiger partial charge in [-0.15, -0.1) is 19.0 Å². The molecule has 104 valence electrons. The second-order valence-corrected chi connectivity index (χ2v) is 5.71. The third-order valence-corrected chi connectivity index (χ3v) is 4.63. The van der Waals surface area contributed by atoms with Gasteiger partial charge in [0.05, 0.1) is 5.66 Å². The van der Waals surface area contributed by atoms with Crippen LogP contribution in [0.4, 0.5) is 0 Å². The lowest BCUT2D eigenvalue weighted by Gasteiger charge is -2.53. The van der Waals surface area contributed by atoms with E-state index in [4.69, 9.17) is 5.73 Å². The number of benzene rings is 1. The second kappa shape index (κ2) is 5.66. The van der Waals surface area contributed by atoms with Crippen LogP contribution in [0.2, 0.25) is 0 Å². The van der Waals surface area contributed by atoms with E-state index in [9.17, 15) is 0 Å². The van der Waals surface area contributed by atoms with Crippen LogP contribution in [0.5, 0.6) is 0 Å². The molecule has 19 heavy (non-hydrogen) atoms. The van der Waals surface area contributed by atoms with Gasteiger partial charge in [-0.05, 0) is 42.7 Å². The number of fused-ring (bicyclic) bond motifs is 3. The Kier molecular flexibility index (Phi) is 4.34. The quantitative estimate of drug-likeness (QED) is 0.861. The van der Waals surface area contributed by atoms with Gasteiger partial charge in [0, 0.05) is 13.1 Å². The Labute approximate surface area is 122 Å². The summed E-state index contributed by atoms with van der Waals surface area (Å²) in [6.45, 7) is 6.17. The highest BCUT2D eigenvalue weighted by atomic mass is 35.5. The van der Waals surface area contributed by atoms with E-state index < -0.39 is 0 Å². The van der Waals surface area contributed by atoms with Crippen molar-refractivity contribution >= 4 is 12.4 Å². The summed E-state index contributed by atoms with van der Waals surface area (Å²) in [5, 5.41) is 0. The monoisotopic (exact) mass is 278 g/mol. The molecule has 0 radical (unpaired) electrons. The third-order valence-electron chi connectivity index (χ3n) is 4.63. The molecule has 1 aromatic carbocycles. The van der Waals surface area contributed by atoms with Gasteiger partial charge in [-0.1, -0.05) is 30.3 Å². The van der Waals surface area contributed by atoms with Crippen LogP contribution < -0.4 is 5.73 Å². The predicted octanol–water partition coefficient (Wildman–Crippen LogP) is 3.06. The lowest BCUT2D eigenvalue weighted by molar-refractivity contribution is -0.0303. The van der Waals surface area contributed by atoms with E-state index in [2.05, 4.69) is 35.7 Å². The number of piperidine rings is 3. The summed E-state index contributed by atoms with van der Waals surface area (Å²) in [7, 11) is 0. The molecule has 3 fully saturated rings. The largest absolute Gasteiger partial charge is 0.309 e. The Balaban J connectivity index is 0.00000133. The average Bonchev–Trinajstić information content (AvgIpc) is 2.41. The molecule has 0 amide bonds. The zero-order valence-electron chi connectivity index (χ0n) is 11.3. The highest BCUT2D eigenvalue weighted by molar-refractivity contribution is 5.85. The molecule has 2 nitrogen and oxygen atoms in total. The van der Waals surface area contributed by atoms with Gasteiger partial charge in [-0.2, -0.15) is 0 Å². The van der Waals surface area contributed by atoms with Crippen molar-refractivity contribution in [3.8, 4) is 0 Å². The molecule has 3 heteroatoms. The molecule has 0 spiro atoms. The Morgan fingerprint density at radius 3 is 2.58 bits per heavy atom. The summed E-state index contributed by atoms with van der Waals surface area (Å²) < 4.78 is 0. The van der Waals surface area contributed by atoms with E-state index in [1.165, 1.54) is 24.0 Å². The van der Waals surface area contributed by atoms with E-state index in [1.807, 2.05) is 6.08 Å². The lowest BCUT2D eigenvalue weighted by Crippen LogP contribution is -2.61. The van der Waals surface area contributed by atoms with Crippen molar-refractivity contribution in [2.75, 3.05) is 13.1 Å². The fourth-order valence-electron chi connectivity index (χ4n) is 3.66. The van der Waals surface area contributed by atoms with Gasteiger partial charge in [0.15, 0.2) is 0 Å². The van der Waals surface area contributed by atoms with E-state index >= 15 is 0 Å². The molecule has 0 saturated carbocycles. The fourth-order valence-corrected chi connectivity index (χ4v) is 3.66. The number of hydrogen-bond acceptors (Lipinski definition) is 2. The van der Waals surface area contributed by atoms with Crippen LogP contribution in [0, 0.1) is 5.92 Å². The minimum Gasteiger partial charge on any atom is -0.309 e. The Morgan fingerprint density at radius 2 is 2.00 bits per heavy atom. The molecule has 0 aliphatic carbocycles. The van der Waals surface area contributed by atoms with Gasteiger partial charge in [-0.25, -0.2) is 0 Å². The fraction of sp³-hybridized carbons (Fsp3) is 0.500. The highest BCUT2D eigenvalue weighted by Gasteiger charge is 2.44. The summed E-state index contributed by atoms with van der Waals surface area (Å²) in [5.41, 5.74) is 9.20. The first-order valence-electron chi connectivity index (χ1n) is 6.97. The van der Waals surface area contributed by atoms with E-state index in [1.54, 1.807) is 0 Å². The van der Waals surface area contributed by atoms with Gasteiger partial charge < -0.3 is 5.73 Å². The zero-order chi connectivity index (χ0) is 12.6. The van der Waals surface area contributed by atoms with Crippen molar-refractivity contribution < 1.29 is 0 Å². The maximum absolute atomic E-state index is 6.79. The molecule has 0 aromatic heterocycles. The van der Waals surface area contributed by atoms with Crippen LogP contribution in [0.3, 0.4) is 0 Å². The van der Waals surface area contributed by atoms with Crippen molar-refractivity contribution in [3.05, 3.63) is 48.0 Å².